The third-order valence-corrected chi connectivity index (χ3v) is 9.33. The summed E-state index contributed by atoms with van der Waals surface area (Å²) in [6.07, 6.45) is 5.55. The van der Waals surface area contributed by atoms with E-state index in [-0.39, 0.29) is 23.3 Å². The molecule has 0 spiro atoms. The number of aromatic amines is 1. The smallest absolute Gasteiger partial charge is 0.226 e. The number of H-pyrrole nitrogens is 1. The maximum Gasteiger partial charge on any atom is 0.226 e. The number of carbonyl (C=O) groups is 1. The van der Waals surface area contributed by atoms with Gasteiger partial charge in [0.1, 0.15) is 17.0 Å². The molecule has 11 heteroatoms. The zero-order valence-electron chi connectivity index (χ0n) is 17.7. The van der Waals surface area contributed by atoms with Crippen molar-refractivity contribution >= 4 is 59.7 Å². The standard InChI is InChI=1S/C22H22N6O3S2/c29-22(28-5-7-33(30,31)8-6-28)13-1-3-16-18(10-13)32-21-19(16)20(23-12-24-21)26-15-2-4-17-14(9-15)11-25-27-17/h2,4,9,11-13H,1,3,5-8,10H2,(H,25,27)(H,23,24,26). The number of nitrogens with one attached hydrogen (secondary N) is 2. The molecule has 1 unspecified atom stereocenters. The van der Waals surface area contributed by atoms with E-state index in [1.54, 1.807) is 28.8 Å². The number of anilines is 2. The molecule has 1 aromatic carbocycles. The number of hydrogen-bond donors (Lipinski definition) is 2. The Bertz CT molecular complexity index is 1480. The van der Waals surface area contributed by atoms with Crippen LogP contribution in [0.25, 0.3) is 21.1 Å². The van der Waals surface area contributed by atoms with E-state index in [9.17, 15) is 13.2 Å². The van der Waals surface area contributed by atoms with Crippen LogP contribution in [0.2, 0.25) is 0 Å². The first-order valence-corrected chi connectivity index (χ1v) is 13.6. The fraction of sp³-hybridized carbons (Fsp3) is 0.364. The molecule has 9 nitrogen and oxygen atoms in total. The van der Waals surface area contributed by atoms with Crippen molar-refractivity contribution in [1.29, 1.82) is 0 Å². The zero-order chi connectivity index (χ0) is 22.6. The molecular weight excluding hydrogens is 460 g/mol. The zero-order valence-corrected chi connectivity index (χ0v) is 19.4. The highest BCUT2D eigenvalue weighted by molar-refractivity contribution is 7.91. The molecule has 1 fully saturated rings. The minimum atomic E-state index is -3.00. The fourth-order valence-corrected chi connectivity index (χ4v) is 7.23. The normalized spacial score (nSPS) is 20.1. The number of thiophene rings is 1. The number of aromatic nitrogens is 4. The van der Waals surface area contributed by atoms with Crippen LogP contribution in [0.5, 0.6) is 0 Å². The van der Waals surface area contributed by atoms with Gasteiger partial charge in [-0.2, -0.15) is 5.10 Å². The highest BCUT2D eigenvalue weighted by Crippen LogP contribution is 2.41. The molecule has 2 N–H and O–H groups in total. The lowest BCUT2D eigenvalue weighted by atomic mass is 9.87. The van der Waals surface area contributed by atoms with Crippen LogP contribution >= 0.6 is 11.3 Å². The fourth-order valence-electron chi connectivity index (χ4n) is 4.76. The second kappa shape index (κ2) is 7.77. The number of carbonyl (C=O) groups excluding carboxylic acids is 1. The minimum absolute atomic E-state index is 0.0643. The van der Waals surface area contributed by atoms with Crippen molar-refractivity contribution in [3.05, 3.63) is 41.2 Å². The molecule has 170 valence electrons. The van der Waals surface area contributed by atoms with Crippen molar-refractivity contribution in [3.63, 3.8) is 0 Å². The summed E-state index contributed by atoms with van der Waals surface area (Å²) in [6.45, 7) is 0.606. The lowest BCUT2D eigenvalue weighted by molar-refractivity contribution is -0.135. The van der Waals surface area contributed by atoms with Crippen molar-refractivity contribution < 1.29 is 13.2 Å². The van der Waals surface area contributed by atoms with Gasteiger partial charge >= 0.3 is 0 Å². The van der Waals surface area contributed by atoms with Crippen LogP contribution in [0.4, 0.5) is 11.5 Å². The molecule has 1 aliphatic heterocycles. The molecule has 0 radical (unpaired) electrons. The summed E-state index contributed by atoms with van der Waals surface area (Å²) in [7, 11) is -3.00. The average Bonchev–Trinajstić information content (AvgIpc) is 3.42. The van der Waals surface area contributed by atoms with Crippen LogP contribution in [0.1, 0.15) is 16.9 Å². The number of sulfone groups is 1. The number of fused-ring (bicyclic) bond motifs is 4. The van der Waals surface area contributed by atoms with E-state index in [1.165, 1.54) is 10.4 Å². The monoisotopic (exact) mass is 482 g/mol. The Hall–Kier alpha value is -3.05. The minimum Gasteiger partial charge on any atom is -0.340 e. The van der Waals surface area contributed by atoms with Gasteiger partial charge in [-0.25, -0.2) is 18.4 Å². The third kappa shape index (κ3) is 3.74. The molecule has 0 saturated carbocycles. The van der Waals surface area contributed by atoms with Gasteiger partial charge in [0.2, 0.25) is 5.91 Å². The van der Waals surface area contributed by atoms with Gasteiger partial charge in [0.05, 0.1) is 28.6 Å². The molecule has 1 aliphatic carbocycles. The summed E-state index contributed by atoms with van der Waals surface area (Å²) < 4.78 is 23.4. The predicted molar refractivity (Wildman–Crippen MR) is 128 cm³/mol. The summed E-state index contributed by atoms with van der Waals surface area (Å²) in [4.78, 5) is 25.9. The second-order valence-electron chi connectivity index (χ2n) is 8.62. The molecule has 2 aliphatic rings. The van der Waals surface area contributed by atoms with Gasteiger partial charge in [-0.3, -0.25) is 9.89 Å². The Morgan fingerprint density at radius 2 is 2.06 bits per heavy atom. The van der Waals surface area contributed by atoms with Gasteiger partial charge in [-0.15, -0.1) is 11.3 Å². The molecule has 33 heavy (non-hydrogen) atoms. The van der Waals surface area contributed by atoms with Gasteiger partial charge < -0.3 is 10.2 Å². The molecule has 3 aromatic heterocycles. The van der Waals surface area contributed by atoms with Crippen molar-refractivity contribution in [3.8, 4) is 0 Å². The van der Waals surface area contributed by atoms with E-state index in [0.717, 1.165) is 45.5 Å². The van der Waals surface area contributed by atoms with E-state index in [4.69, 9.17) is 0 Å². The molecule has 6 rings (SSSR count). The summed E-state index contributed by atoms with van der Waals surface area (Å²) in [5.74, 6) is 0.861. The van der Waals surface area contributed by atoms with Crippen molar-refractivity contribution in [2.45, 2.75) is 19.3 Å². The molecular formula is C22H22N6O3S2. The average molecular weight is 483 g/mol. The first-order chi connectivity index (χ1) is 16.0. The lowest BCUT2D eigenvalue weighted by Gasteiger charge is -2.31. The molecule has 4 heterocycles. The van der Waals surface area contributed by atoms with Crippen molar-refractivity contribution in [2.75, 3.05) is 29.9 Å². The first kappa shape index (κ1) is 20.5. The SMILES string of the molecule is O=C(C1CCc2c(sc3ncnc(Nc4ccc5[nH]ncc5c4)c23)C1)N1CCS(=O)(=O)CC1. The largest absolute Gasteiger partial charge is 0.340 e. The van der Waals surface area contributed by atoms with Crippen molar-refractivity contribution in [1.82, 2.24) is 25.1 Å². The number of aryl methyl sites for hydroxylation is 1. The van der Waals surface area contributed by atoms with Gasteiger partial charge in [0.25, 0.3) is 0 Å². The van der Waals surface area contributed by atoms with Crippen LogP contribution in [-0.4, -0.2) is 64.0 Å². The van der Waals surface area contributed by atoms with Crippen molar-refractivity contribution in [2.24, 2.45) is 5.92 Å². The highest BCUT2D eigenvalue weighted by Gasteiger charge is 2.33. The Morgan fingerprint density at radius 3 is 2.91 bits per heavy atom. The summed E-state index contributed by atoms with van der Waals surface area (Å²) >= 11 is 1.62. The van der Waals surface area contributed by atoms with E-state index in [1.807, 2.05) is 18.2 Å². The Morgan fingerprint density at radius 1 is 1.21 bits per heavy atom. The maximum absolute atomic E-state index is 13.1. The van der Waals surface area contributed by atoms with Crippen LogP contribution < -0.4 is 5.32 Å². The number of hydrogen-bond acceptors (Lipinski definition) is 8. The Labute approximate surface area is 194 Å². The Kier molecular flexibility index (Phi) is 4.84. The molecule has 1 saturated heterocycles. The molecule has 0 bridgehead atoms. The lowest BCUT2D eigenvalue weighted by Crippen LogP contribution is -2.47. The van der Waals surface area contributed by atoms with E-state index < -0.39 is 9.84 Å². The summed E-state index contributed by atoms with van der Waals surface area (Å²) in [5.41, 5.74) is 3.11. The third-order valence-electron chi connectivity index (χ3n) is 6.55. The quantitative estimate of drug-likeness (QED) is 0.460. The topological polar surface area (TPSA) is 121 Å². The Balaban J connectivity index is 1.26. The van der Waals surface area contributed by atoms with E-state index in [0.29, 0.717) is 19.5 Å². The van der Waals surface area contributed by atoms with E-state index >= 15 is 0 Å². The number of nitrogens with zero attached hydrogens (tertiary/aromatic N) is 4. The van der Waals surface area contributed by atoms with Gasteiger partial charge in [0.15, 0.2) is 9.84 Å². The number of benzene rings is 1. The predicted octanol–water partition coefficient (Wildman–Crippen LogP) is 2.67. The number of rotatable bonds is 3. The molecule has 4 aromatic rings. The van der Waals surface area contributed by atoms with Gasteiger partial charge in [-0.05, 0) is 43.0 Å². The maximum atomic E-state index is 13.1. The number of amides is 1. The van der Waals surface area contributed by atoms with Crippen LogP contribution in [-0.2, 0) is 27.5 Å². The van der Waals surface area contributed by atoms with Crippen LogP contribution in [0.15, 0.2) is 30.7 Å². The van der Waals surface area contributed by atoms with Gasteiger partial charge in [0, 0.05) is 35.0 Å². The summed E-state index contributed by atoms with van der Waals surface area (Å²) in [5, 5.41) is 12.5. The first-order valence-electron chi connectivity index (χ1n) is 10.9. The summed E-state index contributed by atoms with van der Waals surface area (Å²) in [6, 6.07) is 5.99. The molecule has 1 amide bonds. The van der Waals surface area contributed by atoms with E-state index in [2.05, 4.69) is 25.5 Å². The van der Waals surface area contributed by atoms with Gasteiger partial charge in [-0.1, -0.05) is 0 Å². The van der Waals surface area contributed by atoms with Crippen LogP contribution in [0.3, 0.4) is 0 Å². The highest BCUT2D eigenvalue weighted by atomic mass is 32.2. The van der Waals surface area contributed by atoms with Crippen LogP contribution in [0, 0.1) is 5.92 Å². The molecule has 1 atom stereocenters. The second-order valence-corrected chi connectivity index (χ2v) is 12.0.